The van der Waals surface area contributed by atoms with Gasteiger partial charge in [-0.3, -0.25) is 4.79 Å². The molecule has 0 fully saturated rings. The van der Waals surface area contributed by atoms with Gasteiger partial charge in [-0.1, -0.05) is 12.1 Å². The molecule has 0 radical (unpaired) electrons. The van der Waals surface area contributed by atoms with Gasteiger partial charge in [0.25, 0.3) is 0 Å². The Morgan fingerprint density at radius 3 is 2.55 bits per heavy atom. The van der Waals surface area contributed by atoms with E-state index in [9.17, 15) is 4.79 Å². The first kappa shape index (κ1) is 18.5. The number of rotatable bonds is 8. The Morgan fingerprint density at radius 1 is 1.30 bits per heavy atom. The van der Waals surface area contributed by atoms with Gasteiger partial charge in [0, 0.05) is 13.5 Å². The van der Waals surface area contributed by atoms with E-state index in [4.69, 9.17) is 15.2 Å². The van der Waals surface area contributed by atoms with Crippen molar-refractivity contribution in [3.8, 4) is 11.5 Å². The Kier molecular flexibility index (Phi) is 9.59. The average molecular weight is 303 g/mol. The van der Waals surface area contributed by atoms with Gasteiger partial charge >= 0.3 is 0 Å². The zero-order valence-electron chi connectivity index (χ0n) is 12.0. The number of para-hydroxylation sites is 2. The molecule has 0 aliphatic carbocycles. The van der Waals surface area contributed by atoms with Gasteiger partial charge in [-0.15, -0.1) is 12.4 Å². The topological polar surface area (TPSA) is 64.8 Å². The van der Waals surface area contributed by atoms with Crippen molar-refractivity contribution in [3.05, 3.63) is 24.3 Å². The number of methoxy groups -OCH3 is 1. The number of hydrogen-bond donors (Lipinski definition) is 1. The number of carbonyl (C=O) groups is 1. The predicted molar refractivity (Wildman–Crippen MR) is 81.7 cm³/mol. The molecule has 0 saturated heterocycles. The van der Waals surface area contributed by atoms with Crippen LogP contribution in [0, 0.1) is 0 Å². The van der Waals surface area contributed by atoms with Gasteiger partial charge in [0.05, 0.1) is 13.7 Å². The summed E-state index contributed by atoms with van der Waals surface area (Å²) in [7, 11) is 3.37. The molecule has 1 rings (SSSR count). The fourth-order valence-corrected chi connectivity index (χ4v) is 1.60. The standard InChI is InChI=1S/C14H22N2O3.ClH/c1-16(14(17)8-5-9-15)10-11-19-13-7-4-3-6-12(13)18-2;/h3-4,6-7H,5,8-11,15H2,1-2H3;1H. The van der Waals surface area contributed by atoms with E-state index in [1.807, 2.05) is 24.3 Å². The number of hydrogen-bond acceptors (Lipinski definition) is 4. The van der Waals surface area contributed by atoms with Crippen molar-refractivity contribution in [2.24, 2.45) is 5.73 Å². The van der Waals surface area contributed by atoms with E-state index in [1.54, 1.807) is 19.1 Å². The summed E-state index contributed by atoms with van der Waals surface area (Å²) in [4.78, 5) is 13.3. The van der Waals surface area contributed by atoms with E-state index < -0.39 is 0 Å². The Labute approximate surface area is 126 Å². The van der Waals surface area contributed by atoms with Gasteiger partial charge in [0.15, 0.2) is 11.5 Å². The number of ether oxygens (including phenoxy) is 2. The smallest absolute Gasteiger partial charge is 0.222 e. The number of carbonyl (C=O) groups excluding carboxylic acids is 1. The second-order valence-electron chi connectivity index (χ2n) is 4.21. The van der Waals surface area contributed by atoms with Crippen molar-refractivity contribution in [2.75, 3.05) is 33.9 Å². The van der Waals surface area contributed by atoms with Crippen LogP contribution in [0.4, 0.5) is 0 Å². The highest BCUT2D eigenvalue weighted by atomic mass is 35.5. The molecule has 0 saturated carbocycles. The molecule has 1 amide bonds. The first-order valence-corrected chi connectivity index (χ1v) is 6.39. The summed E-state index contributed by atoms with van der Waals surface area (Å²) in [5.74, 6) is 1.47. The number of benzene rings is 1. The third kappa shape index (κ3) is 6.12. The lowest BCUT2D eigenvalue weighted by atomic mass is 10.3. The van der Waals surface area contributed by atoms with Crippen LogP contribution in [0.3, 0.4) is 0 Å². The molecular weight excluding hydrogens is 280 g/mol. The van der Waals surface area contributed by atoms with Gasteiger partial charge in [0.1, 0.15) is 6.61 Å². The first-order chi connectivity index (χ1) is 9.19. The molecule has 1 aromatic rings. The number of halogens is 1. The minimum absolute atomic E-state index is 0. The number of likely N-dealkylation sites (N-methyl/N-ethyl adjacent to an activating group) is 1. The van der Waals surface area contributed by atoms with E-state index in [0.29, 0.717) is 37.6 Å². The van der Waals surface area contributed by atoms with Crippen molar-refractivity contribution in [1.82, 2.24) is 4.90 Å². The van der Waals surface area contributed by atoms with Crippen LogP contribution in [0.15, 0.2) is 24.3 Å². The number of amides is 1. The molecule has 0 bridgehead atoms. The number of nitrogens with two attached hydrogens (primary N) is 1. The second kappa shape index (κ2) is 10.3. The van der Waals surface area contributed by atoms with Crippen LogP contribution in [0.1, 0.15) is 12.8 Å². The summed E-state index contributed by atoms with van der Waals surface area (Å²) in [6.07, 6.45) is 1.21. The van der Waals surface area contributed by atoms with Crippen LogP contribution in [0.25, 0.3) is 0 Å². The summed E-state index contributed by atoms with van der Waals surface area (Å²) in [6, 6.07) is 7.45. The van der Waals surface area contributed by atoms with E-state index in [2.05, 4.69) is 0 Å². The van der Waals surface area contributed by atoms with Crippen molar-refractivity contribution in [1.29, 1.82) is 0 Å². The van der Waals surface area contributed by atoms with Crippen molar-refractivity contribution < 1.29 is 14.3 Å². The van der Waals surface area contributed by atoms with Crippen LogP contribution in [0.5, 0.6) is 11.5 Å². The minimum atomic E-state index is 0. The summed E-state index contributed by atoms with van der Waals surface area (Å²) >= 11 is 0. The Hall–Kier alpha value is -1.46. The Balaban J connectivity index is 0.00000361. The van der Waals surface area contributed by atoms with Crippen LogP contribution in [0.2, 0.25) is 0 Å². The van der Waals surface area contributed by atoms with E-state index in [-0.39, 0.29) is 18.3 Å². The molecule has 20 heavy (non-hydrogen) atoms. The minimum Gasteiger partial charge on any atom is -0.493 e. The van der Waals surface area contributed by atoms with Gasteiger partial charge in [-0.05, 0) is 25.1 Å². The zero-order chi connectivity index (χ0) is 14.1. The molecule has 0 spiro atoms. The lowest BCUT2D eigenvalue weighted by Crippen LogP contribution is -2.31. The largest absolute Gasteiger partial charge is 0.493 e. The summed E-state index contributed by atoms with van der Waals surface area (Å²) in [5, 5.41) is 0. The quantitative estimate of drug-likeness (QED) is 0.794. The molecular formula is C14H23ClN2O3. The third-order valence-corrected chi connectivity index (χ3v) is 2.77. The van der Waals surface area contributed by atoms with Crippen LogP contribution >= 0.6 is 12.4 Å². The second-order valence-corrected chi connectivity index (χ2v) is 4.21. The molecule has 0 heterocycles. The van der Waals surface area contributed by atoms with Crippen LogP contribution < -0.4 is 15.2 Å². The Morgan fingerprint density at radius 2 is 1.95 bits per heavy atom. The van der Waals surface area contributed by atoms with Crippen LogP contribution in [-0.4, -0.2) is 44.7 Å². The normalized spacial score (nSPS) is 9.55. The molecule has 0 aromatic heterocycles. The maximum atomic E-state index is 11.7. The summed E-state index contributed by atoms with van der Waals surface area (Å²) < 4.78 is 10.8. The molecule has 0 aliphatic heterocycles. The van der Waals surface area contributed by atoms with Crippen molar-refractivity contribution in [2.45, 2.75) is 12.8 Å². The predicted octanol–water partition coefficient (Wildman–Crippen LogP) is 1.69. The maximum absolute atomic E-state index is 11.7. The zero-order valence-corrected chi connectivity index (χ0v) is 12.8. The number of nitrogens with zero attached hydrogens (tertiary/aromatic N) is 1. The van der Waals surface area contributed by atoms with Gasteiger partial charge < -0.3 is 20.1 Å². The van der Waals surface area contributed by atoms with E-state index >= 15 is 0 Å². The highest BCUT2D eigenvalue weighted by Gasteiger charge is 2.08. The fraction of sp³-hybridized carbons (Fsp3) is 0.500. The van der Waals surface area contributed by atoms with Gasteiger partial charge in [-0.2, -0.15) is 0 Å². The lowest BCUT2D eigenvalue weighted by molar-refractivity contribution is -0.130. The third-order valence-electron chi connectivity index (χ3n) is 2.77. The first-order valence-electron chi connectivity index (χ1n) is 6.39. The summed E-state index contributed by atoms with van der Waals surface area (Å²) in [5.41, 5.74) is 5.38. The molecule has 2 N–H and O–H groups in total. The highest BCUT2D eigenvalue weighted by molar-refractivity contribution is 5.85. The molecule has 5 nitrogen and oxygen atoms in total. The maximum Gasteiger partial charge on any atom is 0.222 e. The SMILES string of the molecule is COc1ccccc1OCCN(C)C(=O)CCCN.Cl. The Bertz CT molecular complexity index is 402. The highest BCUT2D eigenvalue weighted by Crippen LogP contribution is 2.25. The van der Waals surface area contributed by atoms with Gasteiger partial charge in [0.2, 0.25) is 5.91 Å². The average Bonchev–Trinajstić information content (AvgIpc) is 2.45. The molecule has 0 aliphatic rings. The lowest BCUT2D eigenvalue weighted by Gasteiger charge is -2.18. The fourth-order valence-electron chi connectivity index (χ4n) is 1.60. The van der Waals surface area contributed by atoms with E-state index in [0.717, 1.165) is 6.42 Å². The monoisotopic (exact) mass is 302 g/mol. The van der Waals surface area contributed by atoms with Crippen LogP contribution in [-0.2, 0) is 4.79 Å². The molecule has 114 valence electrons. The van der Waals surface area contributed by atoms with Crippen molar-refractivity contribution >= 4 is 18.3 Å². The molecule has 1 aromatic carbocycles. The summed E-state index contributed by atoms with van der Waals surface area (Å²) in [6.45, 7) is 1.52. The van der Waals surface area contributed by atoms with Crippen molar-refractivity contribution in [3.63, 3.8) is 0 Å². The van der Waals surface area contributed by atoms with E-state index in [1.165, 1.54) is 0 Å². The van der Waals surface area contributed by atoms with Gasteiger partial charge in [-0.25, -0.2) is 0 Å². The molecule has 6 heteroatoms. The molecule has 0 unspecified atom stereocenters. The molecule has 0 atom stereocenters.